The largest absolute Gasteiger partial charge is 0.378 e. The Morgan fingerprint density at radius 2 is 1.69 bits per heavy atom. The van der Waals surface area contributed by atoms with Gasteiger partial charge in [0.15, 0.2) is 0 Å². The van der Waals surface area contributed by atoms with Crippen molar-refractivity contribution in [2.45, 2.75) is 12.5 Å². The van der Waals surface area contributed by atoms with Crippen molar-refractivity contribution in [1.82, 2.24) is 0 Å². The van der Waals surface area contributed by atoms with E-state index in [1.54, 1.807) is 0 Å². The van der Waals surface area contributed by atoms with Gasteiger partial charge in [-0.1, -0.05) is 0 Å². The molecule has 0 aliphatic carbocycles. The zero-order valence-electron chi connectivity index (χ0n) is 14.4. The molecule has 0 bridgehead atoms. The first-order valence-corrected chi connectivity index (χ1v) is 8.02. The van der Waals surface area contributed by atoms with Crippen molar-refractivity contribution in [2.24, 2.45) is 0 Å². The van der Waals surface area contributed by atoms with Gasteiger partial charge in [-0.15, -0.1) is 0 Å². The number of nitro benzene ring substituents is 1. The number of carbonyl (C=O) groups is 2. The van der Waals surface area contributed by atoms with Crippen LogP contribution in [-0.4, -0.2) is 36.9 Å². The highest BCUT2D eigenvalue weighted by Crippen LogP contribution is 2.27. The van der Waals surface area contributed by atoms with Gasteiger partial charge in [-0.25, -0.2) is 4.90 Å². The molecule has 2 aromatic carbocycles. The second-order valence-electron chi connectivity index (χ2n) is 6.18. The van der Waals surface area contributed by atoms with Gasteiger partial charge in [-0.3, -0.25) is 19.7 Å². The monoisotopic (exact) mass is 354 g/mol. The van der Waals surface area contributed by atoms with Crippen molar-refractivity contribution in [3.05, 3.63) is 58.6 Å². The van der Waals surface area contributed by atoms with Crippen LogP contribution in [0.3, 0.4) is 0 Å². The first-order valence-electron chi connectivity index (χ1n) is 8.02. The summed E-state index contributed by atoms with van der Waals surface area (Å²) in [5.74, 6) is -0.716. The van der Waals surface area contributed by atoms with Crippen molar-refractivity contribution in [3.8, 4) is 0 Å². The minimum Gasteiger partial charge on any atom is -0.378 e. The van der Waals surface area contributed by atoms with Crippen LogP contribution in [0.15, 0.2) is 48.5 Å². The summed E-state index contributed by atoms with van der Waals surface area (Å²) in [7, 11) is 3.87. The zero-order valence-corrected chi connectivity index (χ0v) is 14.4. The fourth-order valence-corrected chi connectivity index (χ4v) is 2.80. The molecule has 2 amide bonds. The second-order valence-corrected chi connectivity index (χ2v) is 6.18. The van der Waals surface area contributed by atoms with E-state index in [-0.39, 0.29) is 23.9 Å². The summed E-state index contributed by atoms with van der Waals surface area (Å²) in [4.78, 5) is 38.1. The SMILES string of the molecule is CN(C)c1ccc(NC2CC(=O)N(c3ccc([N+](=O)[O-])cc3)C2=O)cc1. The van der Waals surface area contributed by atoms with E-state index < -0.39 is 11.0 Å². The molecule has 1 unspecified atom stereocenters. The molecule has 26 heavy (non-hydrogen) atoms. The molecule has 8 nitrogen and oxygen atoms in total. The number of rotatable bonds is 5. The summed E-state index contributed by atoms with van der Waals surface area (Å²) in [6, 6.07) is 12.2. The molecule has 1 aliphatic heterocycles. The van der Waals surface area contributed by atoms with Crippen molar-refractivity contribution >= 4 is 34.6 Å². The molecule has 1 heterocycles. The molecule has 8 heteroatoms. The molecule has 1 saturated heterocycles. The Morgan fingerprint density at radius 3 is 2.23 bits per heavy atom. The molecule has 134 valence electrons. The maximum absolute atomic E-state index is 12.6. The lowest BCUT2D eigenvalue weighted by atomic mass is 10.2. The summed E-state index contributed by atoms with van der Waals surface area (Å²) in [6.45, 7) is 0. The lowest BCUT2D eigenvalue weighted by Crippen LogP contribution is -2.34. The van der Waals surface area contributed by atoms with Crippen LogP contribution in [-0.2, 0) is 9.59 Å². The van der Waals surface area contributed by atoms with Crippen LogP contribution < -0.4 is 15.1 Å². The second kappa shape index (κ2) is 6.83. The number of anilines is 3. The van der Waals surface area contributed by atoms with Crippen LogP contribution >= 0.6 is 0 Å². The predicted octanol–water partition coefficient (Wildman–Crippen LogP) is 2.40. The Bertz CT molecular complexity index is 846. The number of hydrogen-bond acceptors (Lipinski definition) is 6. The van der Waals surface area contributed by atoms with Gasteiger partial charge in [0, 0.05) is 37.6 Å². The lowest BCUT2D eigenvalue weighted by molar-refractivity contribution is -0.384. The molecular formula is C18H18N4O4. The maximum atomic E-state index is 12.6. The Labute approximate surface area is 150 Å². The van der Waals surface area contributed by atoms with E-state index in [1.807, 2.05) is 43.3 Å². The summed E-state index contributed by atoms with van der Waals surface area (Å²) in [5, 5.41) is 13.8. The van der Waals surface area contributed by atoms with Crippen LogP contribution in [0.1, 0.15) is 6.42 Å². The molecule has 1 atom stereocenters. The van der Waals surface area contributed by atoms with Gasteiger partial charge in [0.1, 0.15) is 6.04 Å². The number of non-ortho nitro benzene ring substituents is 1. The molecule has 0 radical (unpaired) electrons. The van der Waals surface area contributed by atoms with E-state index in [0.29, 0.717) is 5.69 Å². The van der Waals surface area contributed by atoms with E-state index in [0.717, 1.165) is 16.3 Å². The first-order chi connectivity index (χ1) is 12.4. The van der Waals surface area contributed by atoms with Crippen LogP contribution in [0.2, 0.25) is 0 Å². The quantitative estimate of drug-likeness (QED) is 0.503. The molecule has 3 rings (SSSR count). The topological polar surface area (TPSA) is 95.8 Å². The smallest absolute Gasteiger partial charge is 0.269 e. The fourth-order valence-electron chi connectivity index (χ4n) is 2.80. The summed E-state index contributed by atoms with van der Waals surface area (Å²) in [6.07, 6.45) is 0.0330. The number of benzene rings is 2. The van der Waals surface area contributed by atoms with Crippen molar-refractivity contribution in [2.75, 3.05) is 29.2 Å². The van der Waals surface area contributed by atoms with E-state index in [2.05, 4.69) is 5.32 Å². The number of carbonyl (C=O) groups excluding carboxylic acids is 2. The van der Waals surface area contributed by atoms with E-state index in [9.17, 15) is 19.7 Å². The summed E-state index contributed by atoms with van der Waals surface area (Å²) >= 11 is 0. The molecule has 0 saturated carbocycles. The van der Waals surface area contributed by atoms with Crippen molar-refractivity contribution < 1.29 is 14.5 Å². The van der Waals surface area contributed by atoms with Crippen LogP contribution in [0.4, 0.5) is 22.7 Å². The number of nitrogens with zero attached hydrogens (tertiary/aromatic N) is 3. The van der Waals surface area contributed by atoms with Gasteiger partial charge < -0.3 is 10.2 Å². The fraction of sp³-hybridized carbons (Fsp3) is 0.222. The number of amides is 2. The van der Waals surface area contributed by atoms with Gasteiger partial charge in [0.25, 0.3) is 11.6 Å². The van der Waals surface area contributed by atoms with Crippen LogP contribution in [0.25, 0.3) is 0 Å². The molecule has 1 N–H and O–H groups in total. The van der Waals surface area contributed by atoms with Gasteiger partial charge in [-0.05, 0) is 36.4 Å². The molecule has 1 aliphatic rings. The molecule has 1 fully saturated rings. The number of nitro groups is 1. The Hall–Kier alpha value is -3.42. The normalized spacial score (nSPS) is 16.7. The third-order valence-electron chi connectivity index (χ3n) is 4.19. The van der Waals surface area contributed by atoms with E-state index in [1.165, 1.54) is 24.3 Å². The maximum Gasteiger partial charge on any atom is 0.269 e. The van der Waals surface area contributed by atoms with E-state index >= 15 is 0 Å². The van der Waals surface area contributed by atoms with Gasteiger partial charge in [-0.2, -0.15) is 0 Å². The number of nitrogens with one attached hydrogen (secondary N) is 1. The third-order valence-corrected chi connectivity index (χ3v) is 4.19. The minimum absolute atomic E-state index is 0.0330. The van der Waals surface area contributed by atoms with Gasteiger partial charge in [0.2, 0.25) is 5.91 Å². The molecular weight excluding hydrogens is 336 g/mol. The third kappa shape index (κ3) is 3.34. The Morgan fingerprint density at radius 1 is 1.08 bits per heavy atom. The van der Waals surface area contributed by atoms with Gasteiger partial charge >= 0.3 is 0 Å². The average Bonchev–Trinajstić information content (AvgIpc) is 2.89. The molecule has 0 aromatic heterocycles. The number of hydrogen-bond donors (Lipinski definition) is 1. The standard InChI is InChI=1S/C18H18N4O4/c1-20(2)13-5-3-12(4-6-13)19-16-11-17(23)21(18(16)24)14-7-9-15(10-8-14)22(25)26/h3-10,16,19H,11H2,1-2H3. The minimum atomic E-state index is -0.664. The lowest BCUT2D eigenvalue weighted by Gasteiger charge is -2.17. The summed E-state index contributed by atoms with van der Waals surface area (Å²) < 4.78 is 0. The van der Waals surface area contributed by atoms with Crippen molar-refractivity contribution in [3.63, 3.8) is 0 Å². The zero-order chi connectivity index (χ0) is 18.8. The Kier molecular flexibility index (Phi) is 4.57. The van der Waals surface area contributed by atoms with Gasteiger partial charge in [0.05, 0.1) is 17.0 Å². The first kappa shape index (κ1) is 17.4. The summed E-state index contributed by atoms with van der Waals surface area (Å²) in [5.41, 5.74) is 2.01. The highest BCUT2D eigenvalue weighted by atomic mass is 16.6. The van der Waals surface area contributed by atoms with Crippen molar-refractivity contribution in [1.29, 1.82) is 0 Å². The van der Waals surface area contributed by atoms with Crippen LogP contribution in [0.5, 0.6) is 0 Å². The average molecular weight is 354 g/mol. The van der Waals surface area contributed by atoms with Crippen LogP contribution in [0, 0.1) is 10.1 Å². The number of imide groups is 1. The molecule has 2 aromatic rings. The highest BCUT2D eigenvalue weighted by Gasteiger charge is 2.39. The molecule has 0 spiro atoms. The Balaban J connectivity index is 1.75. The highest BCUT2D eigenvalue weighted by molar-refractivity contribution is 6.23. The predicted molar refractivity (Wildman–Crippen MR) is 98.4 cm³/mol. The van der Waals surface area contributed by atoms with E-state index in [4.69, 9.17) is 0 Å².